The second-order valence-electron chi connectivity index (χ2n) is 7.65. The fourth-order valence-corrected chi connectivity index (χ4v) is 3.78. The maximum absolute atomic E-state index is 11.9. The Labute approximate surface area is 186 Å². The molecule has 4 heteroatoms. The standard InChI is InChI=1S/C27H33NO3/c1-4-28(5-2)19-20-31-26-17-13-24(14-18-26)27(29,23-9-7-6-8-10-23)21-22-11-15-25(30-3)16-12-22/h6-18,29H,4-5,19-21H2,1-3H3/t27-/m1/s1. The lowest BCUT2D eigenvalue weighted by Crippen LogP contribution is -2.30. The van der Waals surface area contributed by atoms with Gasteiger partial charge in [-0.2, -0.15) is 0 Å². The Morgan fingerprint density at radius 2 is 1.35 bits per heavy atom. The number of aliphatic hydroxyl groups is 1. The van der Waals surface area contributed by atoms with E-state index in [1.807, 2.05) is 78.9 Å². The van der Waals surface area contributed by atoms with Gasteiger partial charge in [0.15, 0.2) is 0 Å². The van der Waals surface area contributed by atoms with Gasteiger partial charge < -0.3 is 19.5 Å². The third-order valence-electron chi connectivity index (χ3n) is 5.77. The molecule has 0 unspecified atom stereocenters. The first-order chi connectivity index (χ1) is 15.1. The Morgan fingerprint density at radius 1 is 0.774 bits per heavy atom. The van der Waals surface area contributed by atoms with Crippen LogP contribution in [-0.2, 0) is 12.0 Å². The van der Waals surface area contributed by atoms with Crippen molar-refractivity contribution in [1.82, 2.24) is 4.90 Å². The molecular weight excluding hydrogens is 386 g/mol. The topological polar surface area (TPSA) is 41.9 Å². The highest BCUT2D eigenvalue weighted by Crippen LogP contribution is 2.34. The molecule has 3 rings (SSSR count). The maximum Gasteiger partial charge on any atom is 0.119 e. The number of ether oxygens (including phenoxy) is 2. The van der Waals surface area contributed by atoms with E-state index in [1.165, 1.54) is 0 Å². The Bertz CT molecular complexity index is 905. The lowest BCUT2D eigenvalue weighted by molar-refractivity contribution is 0.0810. The Balaban J connectivity index is 1.80. The van der Waals surface area contributed by atoms with Crippen molar-refractivity contribution in [2.24, 2.45) is 0 Å². The van der Waals surface area contributed by atoms with E-state index in [0.717, 1.165) is 47.8 Å². The van der Waals surface area contributed by atoms with Crippen LogP contribution in [0.5, 0.6) is 11.5 Å². The number of hydrogen-bond donors (Lipinski definition) is 1. The van der Waals surface area contributed by atoms with Gasteiger partial charge in [0.1, 0.15) is 23.7 Å². The van der Waals surface area contributed by atoms with Gasteiger partial charge in [-0.1, -0.05) is 68.4 Å². The smallest absolute Gasteiger partial charge is 0.119 e. The summed E-state index contributed by atoms with van der Waals surface area (Å²) in [6.07, 6.45) is 0.461. The van der Waals surface area contributed by atoms with Crippen LogP contribution in [0.1, 0.15) is 30.5 Å². The Kier molecular flexibility index (Phi) is 8.10. The molecule has 0 aliphatic heterocycles. The first-order valence-electron chi connectivity index (χ1n) is 11.0. The van der Waals surface area contributed by atoms with Gasteiger partial charge in [-0.15, -0.1) is 0 Å². The molecule has 0 saturated carbocycles. The number of likely N-dealkylation sites (N-methyl/N-ethyl adjacent to an activating group) is 1. The van der Waals surface area contributed by atoms with Crippen LogP contribution in [0.2, 0.25) is 0 Å². The molecule has 0 heterocycles. The fraction of sp³-hybridized carbons (Fsp3) is 0.333. The molecule has 1 N–H and O–H groups in total. The molecule has 31 heavy (non-hydrogen) atoms. The molecule has 1 atom stereocenters. The molecule has 0 spiro atoms. The molecule has 0 aromatic heterocycles. The number of rotatable bonds is 11. The second kappa shape index (κ2) is 11.0. The molecule has 0 aliphatic rings. The summed E-state index contributed by atoms with van der Waals surface area (Å²) in [6.45, 7) is 7.91. The van der Waals surface area contributed by atoms with Crippen LogP contribution in [0.4, 0.5) is 0 Å². The predicted molar refractivity (Wildman–Crippen MR) is 126 cm³/mol. The van der Waals surface area contributed by atoms with Gasteiger partial charge in [-0.05, 0) is 54.0 Å². The third kappa shape index (κ3) is 5.87. The molecule has 0 aliphatic carbocycles. The zero-order valence-electron chi connectivity index (χ0n) is 18.8. The van der Waals surface area contributed by atoms with Crippen molar-refractivity contribution >= 4 is 0 Å². The average molecular weight is 420 g/mol. The van der Waals surface area contributed by atoms with Gasteiger partial charge in [-0.3, -0.25) is 0 Å². The summed E-state index contributed by atoms with van der Waals surface area (Å²) in [4.78, 5) is 2.33. The normalized spacial score (nSPS) is 13.1. The SMILES string of the molecule is CCN(CC)CCOc1ccc([C@@](O)(Cc2ccc(OC)cc2)c2ccccc2)cc1. The molecule has 164 valence electrons. The van der Waals surface area contributed by atoms with E-state index in [4.69, 9.17) is 9.47 Å². The van der Waals surface area contributed by atoms with Gasteiger partial charge in [0.2, 0.25) is 0 Å². The van der Waals surface area contributed by atoms with E-state index in [-0.39, 0.29) is 0 Å². The molecule has 0 amide bonds. The predicted octanol–water partition coefficient (Wildman–Crippen LogP) is 4.89. The van der Waals surface area contributed by atoms with Crippen LogP contribution in [-0.4, -0.2) is 43.4 Å². The van der Waals surface area contributed by atoms with Crippen LogP contribution < -0.4 is 9.47 Å². The van der Waals surface area contributed by atoms with Crippen molar-refractivity contribution in [3.05, 3.63) is 95.6 Å². The maximum atomic E-state index is 11.9. The Morgan fingerprint density at radius 3 is 1.94 bits per heavy atom. The first-order valence-corrected chi connectivity index (χ1v) is 11.0. The number of nitrogens with zero attached hydrogens (tertiary/aromatic N) is 1. The molecule has 3 aromatic rings. The lowest BCUT2D eigenvalue weighted by atomic mass is 9.81. The lowest BCUT2D eigenvalue weighted by Gasteiger charge is -2.30. The van der Waals surface area contributed by atoms with E-state index in [1.54, 1.807) is 7.11 Å². The van der Waals surface area contributed by atoms with Crippen molar-refractivity contribution in [2.75, 3.05) is 33.4 Å². The molecule has 0 saturated heterocycles. The van der Waals surface area contributed by atoms with Gasteiger partial charge in [-0.25, -0.2) is 0 Å². The summed E-state index contributed by atoms with van der Waals surface area (Å²) in [5, 5.41) is 11.9. The molecule has 0 bridgehead atoms. The van der Waals surface area contributed by atoms with Crippen LogP contribution >= 0.6 is 0 Å². The fourth-order valence-electron chi connectivity index (χ4n) is 3.78. The zero-order chi connectivity index (χ0) is 22.1. The van der Waals surface area contributed by atoms with Gasteiger partial charge >= 0.3 is 0 Å². The number of benzene rings is 3. The van der Waals surface area contributed by atoms with Crippen molar-refractivity contribution in [1.29, 1.82) is 0 Å². The minimum Gasteiger partial charge on any atom is -0.497 e. The summed E-state index contributed by atoms with van der Waals surface area (Å²) >= 11 is 0. The van der Waals surface area contributed by atoms with Crippen LogP contribution in [0, 0.1) is 0 Å². The largest absolute Gasteiger partial charge is 0.497 e. The highest BCUT2D eigenvalue weighted by molar-refractivity contribution is 5.41. The van der Waals surface area contributed by atoms with Gasteiger partial charge in [0, 0.05) is 13.0 Å². The van der Waals surface area contributed by atoms with Crippen molar-refractivity contribution in [2.45, 2.75) is 25.9 Å². The molecular formula is C27H33NO3. The van der Waals surface area contributed by atoms with Crippen LogP contribution in [0.25, 0.3) is 0 Å². The van der Waals surface area contributed by atoms with E-state index in [0.29, 0.717) is 13.0 Å². The van der Waals surface area contributed by atoms with Gasteiger partial charge in [0.05, 0.1) is 7.11 Å². The summed E-state index contributed by atoms with van der Waals surface area (Å²) in [7, 11) is 1.65. The zero-order valence-corrected chi connectivity index (χ0v) is 18.8. The number of hydrogen-bond acceptors (Lipinski definition) is 4. The van der Waals surface area contributed by atoms with Gasteiger partial charge in [0.25, 0.3) is 0 Å². The molecule has 3 aromatic carbocycles. The highest BCUT2D eigenvalue weighted by Gasteiger charge is 2.31. The van der Waals surface area contributed by atoms with Crippen LogP contribution in [0.3, 0.4) is 0 Å². The summed E-state index contributed by atoms with van der Waals surface area (Å²) in [5.74, 6) is 1.62. The van der Waals surface area contributed by atoms with Crippen molar-refractivity contribution < 1.29 is 14.6 Å². The summed E-state index contributed by atoms with van der Waals surface area (Å²) in [6, 6.07) is 25.5. The second-order valence-corrected chi connectivity index (χ2v) is 7.65. The number of methoxy groups -OCH3 is 1. The van der Waals surface area contributed by atoms with E-state index < -0.39 is 5.60 Å². The third-order valence-corrected chi connectivity index (χ3v) is 5.77. The first kappa shape index (κ1) is 22.9. The van der Waals surface area contributed by atoms with Crippen molar-refractivity contribution in [3.8, 4) is 11.5 Å². The molecule has 4 nitrogen and oxygen atoms in total. The summed E-state index contributed by atoms with van der Waals surface area (Å²) < 4.78 is 11.2. The quantitative estimate of drug-likeness (QED) is 0.480. The van der Waals surface area contributed by atoms with E-state index in [9.17, 15) is 5.11 Å². The average Bonchev–Trinajstić information content (AvgIpc) is 2.83. The summed E-state index contributed by atoms with van der Waals surface area (Å²) in [5.41, 5.74) is 1.59. The highest BCUT2D eigenvalue weighted by atomic mass is 16.5. The van der Waals surface area contributed by atoms with Crippen molar-refractivity contribution in [3.63, 3.8) is 0 Å². The molecule has 0 radical (unpaired) electrons. The van der Waals surface area contributed by atoms with E-state index in [2.05, 4.69) is 18.7 Å². The Hall–Kier alpha value is -2.82. The minimum atomic E-state index is -1.14. The monoisotopic (exact) mass is 419 g/mol. The van der Waals surface area contributed by atoms with E-state index >= 15 is 0 Å². The minimum absolute atomic E-state index is 0.461. The van der Waals surface area contributed by atoms with Crippen LogP contribution in [0.15, 0.2) is 78.9 Å². The molecule has 0 fully saturated rings.